The Hall–Kier alpha value is -3.58. The lowest BCUT2D eigenvalue weighted by molar-refractivity contribution is -0.147. The maximum absolute atomic E-state index is 13.7. The van der Waals surface area contributed by atoms with Gasteiger partial charge in [0, 0.05) is 23.0 Å². The van der Waals surface area contributed by atoms with Gasteiger partial charge in [0.05, 0.1) is 25.1 Å². The molecule has 0 saturated heterocycles. The van der Waals surface area contributed by atoms with Crippen molar-refractivity contribution in [1.82, 2.24) is 9.88 Å². The minimum Gasteiger partial charge on any atom is -0.497 e. The normalized spacial score (nSPS) is 17.8. The maximum atomic E-state index is 13.7. The van der Waals surface area contributed by atoms with Gasteiger partial charge in [-0.15, -0.1) is 11.3 Å². The molecule has 6 nitrogen and oxygen atoms in total. The molecule has 1 aliphatic rings. The average Bonchev–Trinajstić information content (AvgIpc) is 3.50. The molecule has 4 aromatic rings. The Bertz CT molecular complexity index is 1280. The zero-order valence-corrected chi connectivity index (χ0v) is 18.5. The molecule has 1 aliphatic heterocycles. The number of benzene rings is 2. The van der Waals surface area contributed by atoms with Gasteiger partial charge in [0.15, 0.2) is 0 Å². The molecule has 2 aromatic heterocycles. The molecule has 0 saturated carbocycles. The Balaban J connectivity index is 1.75. The summed E-state index contributed by atoms with van der Waals surface area (Å²) in [5.41, 5.74) is 3.82. The van der Waals surface area contributed by atoms with E-state index in [2.05, 4.69) is 4.98 Å². The maximum Gasteiger partial charge on any atom is 0.328 e. The lowest BCUT2D eigenvalue weighted by Gasteiger charge is -2.40. The fraction of sp³-hybridized carbons (Fsp3) is 0.200. The first kappa shape index (κ1) is 20.3. The molecule has 162 valence electrons. The van der Waals surface area contributed by atoms with Gasteiger partial charge < -0.3 is 19.4 Å². The molecule has 3 heterocycles. The van der Waals surface area contributed by atoms with Crippen molar-refractivity contribution < 1.29 is 19.1 Å². The fourth-order valence-corrected chi connectivity index (χ4v) is 5.18. The van der Waals surface area contributed by atoms with E-state index in [1.165, 1.54) is 18.4 Å². The first-order valence-corrected chi connectivity index (χ1v) is 11.2. The van der Waals surface area contributed by atoms with Gasteiger partial charge >= 0.3 is 5.97 Å². The van der Waals surface area contributed by atoms with Crippen LogP contribution in [-0.4, -0.2) is 42.0 Å². The number of para-hydroxylation sites is 1. The second-order valence-electron chi connectivity index (χ2n) is 7.67. The molecular formula is C25H22N2O4S. The summed E-state index contributed by atoms with van der Waals surface area (Å²) in [5, 5.41) is 2.92. The van der Waals surface area contributed by atoms with Crippen molar-refractivity contribution in [3.8, 4) is 5.75 Å². The second kappa shape index (κ2) is 8.16. The molecule has 0 fully saturated rings. The number of aromatic nitrogens is 1. The largest absolute Gasteiger partial charge is 0.497 e. The molecule has 32 heavy (non-hydrogen) atoms. The number of carbonyl (C=O) groups excluding carboxylic acids is 2. The number of nitrogens with zero attached hydrogens (tertiary/aromatic N) is 1. The van der Waals surface area contributed by atoms with Crippen LogP contribution in [-0.2, 0) is 16.0 Å². The quantitative estimate of drug-likeness (QED) is 0.466. The summed E-state index contributed by atoms with van der Waals surface area (Å²) in [5.74, 6) is 0.104. The first-order valence-electron chi connectivity index (χ1n) is 10.3. The highest BCUT2D eigenvalue weighted by Gasteiger charge is 2.44. The Morgan fingerprint density at radius 2 is 1.81 bits per heavy atom. The van der Waals surface area contributed by atoms with Gasteiger partial charge in [-0.25, -0.2) is 4.79 Å². The van der Waals surface area contributed by atoms with Crippen LogP contribution < -0.4 is 4.74 Å². The summed E-state index contributed by atoms with van der Waals surface area (Å²) in [6, 6.07) is 18.0. The summed E-state index contributed by atoms with van der Waals surface area (Å²) in [6.07, 6.45) is 0.385. The number of H-pyrrole nitrogens is 1. The zero-order valence-electron chi connectivity index (χ0n) is 17.7. The van der Waals surface area contributed by atoms with Gasteiger partial charge in [0.2, 0.25) is 0 Å². The fourth-order valence-electron chi connectivity index (χ4n) is 4.52. The van der Waals surface area contributed by atoms with Crippen LogP contribution in [0.2, 0.25) is 0 Å². The number of esters is 1. The molecule has 0 aliphatic carbocycles. The number of ether oxygens (including phenoxy) is 2. The van der Waals surface area contributed by atoms with E-state index in [4.69, 9.17) is 9.47 Å². The molecule has 2 aromatic carbocycles. The third-order valence-electron chi connectivity index (χ3n) is 6.00. The van der Waals surface area contributed by atoms with Gasteiger partial charge in [0.25, 0.3) is 5.91 Å². The van der Waals surface area contributed by atoms with Crippen molar-refractivity contribution in [2.45, 2.75) is 18.5 Å². The van der Waals surface area contributed by atoms with E-state index in [1.807, 2.05) is 60.0 Å². The number of carbonyl (C=O) groups is 2. The van der Waals surface area contributed by atoms with Gasteiger partial charge in [-0.2, -0.15) is 0 Å². The second-order valence-corrected chi connectivity index (χ2v) is 8.62. The van der Waals surface area contributed by atoms with E-state index in [-0.39, 0.29) is 5.91 Å². The molecular weight excluding hydrogens is 424 g/mol. The summed E-state index contributed by atoms with van der Waals surface area (Å²) in [6.45, 7) is 0. The van der Waals surface area contributed by atoms with Gasteiger partial charge in [-0.05, 0) is 40.8 Å². The molecule has 0 spiro atoms. The van der Waals surface area contributed by atoms with Crippen LogP contribution in [0.3, 0.4) is 0 Å². The molecule has 0 bridgehead atoms. The molecule has 5 rings (SSSR count). The molecule has 1 amide bonds. The summed E-state index contributed by atoms with van der Waals surface area (Å²) in [4.78, 5) is 32.4. The minimum absolute atomic E-state index is 0.194. The number of methoxy groups -OCH3 is 2. The molecule has 2 unspecified atom stereocenters. The van der Waals surface area contributed by atoms with Gasteiger partial charge in [-0.1, -0.05) is 36.4 Å². The number of thiophene rings is 1. The third kappa shape index (κ3) is 3.26. The van der Waals surface area contributed by atoms with Crippen molar-refractivity contribution in [3.63, 3.8) is 0 Å². The lowest BCUT2D eigenvalue weighted by atomic mass is 9.87. The van der Waals surface area contributed by atoms with E-state index in [9.17, 15) is 9.59 Å². The van der Waals surface area contributed by atoms with Crippen LogP contribution in [0.1, 0.15) is 32.5 Å². The predicted molar refractivity (Wildman–Crippen MR) is 123 cm³/mol. The molecule has 7 heteroatoms. The Kier molecular flexibility index (Phi) is 5.19. The van der Waals surface area contributed by atoms with E-state index >= 15 is 0 Å². The average molecular weight is 447 g/mol. The van der Waals surface area contributed by atoms with Crippen molar-refractivity contribution in [2.75, 3.05) is 14.2 Å². The van der Waals surface area contributed by atoms with Crippen LogP contribution in [0.4, 0.5) is 0 Å². The van der Waals surface area contributed by atoms with E-state index in [0.29, 0.717) is 11.3 Å². The van der Waals surface area contributed by atoms with Crippen molar-refractivity contribution in [3.05, 3.63) is 87.7 Å². The lowest BCUT2D eigenvalue weighted by Crippen LogP contribution is -2.51. The highest BCUT2D eigenvalue weighted by Crippen LogP contribution is 2.42. The van der Waals surface area contributed by atoms with E-state index in [1.54, 1.807) is 18.1 Å². The third-order valence-corrected chi connectivity index (χ3v) is 6.86. The van der Waals surface area contributed by atoms with Crippen LogP contribution >= 0.6 is 11.3 Å². The Morgan fingerprint density at radius 1 is 1.03 bits per heavy atom. The van der Waals surface area contributed by atoms with Crippen LogP contribution in [0.25, 0.3) is 10.9 Å². The van der Waals surface area contributed by atoms with Crippen molar-refractivity contribution in [2.24, 2.45) is 0 Å². The van der Waals surface area contributed by atoms with Crippen molar-refractivity contribution in [1.29, 1.82) is 0 Å². The number of fused-ring (bicyclic) bond motifs is 3. The van der Waals surface area contributed by atoms with Crippen LogP contribution in [0.15, 0.2) is 66.0 Å². The summed E-state index contributed by atoms with van der Waals surface area (Å²) >= 11 is 1.36. The number of hydrogen-bond acceptors (Lipinski definition) is 5. The number of amides is 1. The summed E-state index contributed by atoms with van der Waals surface area (Å²) in [7, 11) is 2.98. The molecule has 1 N–H and O–H groups in total. The highest BCUT2D eigenvalue weighted by molar-refractivity contribution is 7.12. The van der Waals surface area contributed by atoms with Crippen LogP contribution in [0.5, 0.6) is 5.75 Å². The van der Waals surface area contributed by atoms with E-state index in [0.717, 1.165) is 33.5 Å². The van der Waals surface area contributed by atoms with Gasteiger partial charge in [0.1, 0.15) is 11.8 Å². The number of rotatable bonds is 4. The monoisotopic (exact) mass is 446 g/mol. The SMILES string of the molecule is COC(=O)C1Cc2c([nH]c3ccccc23)C(c2ccc(OC)cc2)N1C(=O)c1cccs1. The van der Waals surface area contributed by atoms with Gasteiger partial charge in [-0.3, -0.25) is 4.79 Å². The Labute approximate surface area is 189 Å². The first-order chi connectivity index (χ1) is 15.6. The number of aromatic amines is 1. The molecule has 0 radical (unpaired) electrons. The standard InChI is InChI=1S/C25H22N2O4S/c1-30-16-11-9-15(10-12-16)23-22-18(17-6-3-4-7-19(17)26-22)14-20(25(29)31-2)27(23)24(28)21-8-5-13-32-21/h3-13,20,23,26H,14H2,1-2H3. The number of nitrogens with one attached hydrogen (secondary N) is 1. The molecule has 2 atom stereocenters. The van der Waals surface area contributed by atoms with Crippen molar-refractivity contribution >= 4 is 34.1 Å². The smallest absolute Gasteiger partial charge is 0.328 e. The minimum atomic E-state index is -0.742. The topological polar surface area (TPSA) is 71.6 Å². The predicted octanol–water partition coefficient (Wildman–Crippen LogP) is 4.57. The summed E-state index contributed by atoms with van der Waals surface area (Å²) < 4.78 is 10.5. The zero-order chi connectivity index (χ0) is 22.2. The Morgan fingerprint density at radius 3 is 2.50 bits per heavy atom. The number of hydrogen-bond donors (Lipinski definition) is 1. The highest BCUT2D eigenvalue weighted by atomic mass is 32.1. The van der Waals surface area contributed by atoms with E-state index < -0.39 is 18.1 Å². The van der Waals surface area contributed by atoms with Crippen LogP contribution in [0, 0.1) is 0 Å².